The van der Waals surface area contributed by atoms with Gasteiger partial charge in [0.1, 0.15) is 0 Å². The first-order valence-corrected chi connectivity index (χ1v) is 13.4. The summed E-state index contributed by atoms with van der Waals surface area (Å²) in [6.45, 7) is 14.9. The minimum Gasteiger partial charge on any atom is -0.450 e. The van der Waals surface area contributed by atoms with Crippen molar-refractivity contribution < 1.29 is 14.3 Å². The van der Waals surface area contributed by atoms with Gasteiger partial charge in [0.2, 0.25) is 0 Å². The van der Waals surface area contributed by atoms with E-state index >= 15 is 0 Å². The monoisotopic (exact) mass is 494 g/mol. The lowest BCUT2D eigenvalue weighted by Crippen LogP contribution is -2.48. The van der Waals surface area contributed by atoms with E-state index < -0.39 is 6.09 Å². The second-order valence-electron chi connectivity index (χ2n) is 9.20. The second-order valence-corrected chi connectivity index (χ2v) is 9.20. The van der Waals surface area contributed by atoms with Crippen LogP contribution in [0.4, 0.5) is 10.5 Å². The molecule has 3 rings (SSSR count). The molecule has 1 N–H and O–H groups in total. The summed E-state index contributed by atoms with van der Waals surface area (Å²) < 4.78 is 5.06. The minimum atomic E-state index is -0.449. The molecule has 1 aliphatic rings. The number of unbranched alkanes of at least 4 members (excludes halogenated alkanes) is 1. The number of amides is 2. The molecular formula is C29H42N4O3. The van der Waals surface area contributed by atoms with Gasteiger partial charge in [0, 0.05) is 50.5 Å². The number of ether oxygens (including phenoxy) is 1. The molecule has 0 spiro atoms. The number of carbonyl (C=O) groups is 2. The van der Waals surface area contributed by atoms with Crippen LogP contribution in [0.15, 0.2) is 48.5 Å². The van der Waals surface area contributed by atoms with Crippen molar-refractivity contribution in [2.24, 2.45) is 0 Å². The summed E-state index contributed by atoms with van der Waals surface area (Å²) in [5.74, 6) is 0.0632. The van der Waals surface area contributed by atoms with Gasteiger partial charge in [-0.1, -0.05) is 37.6 Å². The molecule has 2 aromatic carbocycles. The number of anilines is 1. The highest BCUT2D eigenvalue weighted by Gasteiger charge is 2.27. The largest absolute Gasteiger partial charge is 0.450 e. The Bertz CT molecular complexity index is 967. The Hall–Kier alpha value is -2.90. The molecule has 1 atom stereocenters. The maximum Gasteiger partial charge on any atom is 0.411 e. The number of nitrogens with zero attached hydrogens (tertiary/aromatic N) is 3. The first-order chi connectivity index (χ1) is 17.5. The van der Waals surface area contributed by atoms with Gasteiger partial charge in [-0.2, -0.15) is 0 Å². The van der Waals surface area contributed by atoms with Crippen LogP contribution in [0.2, 0.25) is 0 Å². The second kappa shape index (κ2) is 14.0. The number of nitrogens with one attached hydrogen (secondary N) is 1. The molecule has 2 amide bonds. The Morgan fingerprint density at radius 2 is 1.64 bits per heavy atom. The number of benzene rings is 2. The Labute approximate surface area is 216 Å². The van der Waals surface area contributed by atoms with Gasteiger partial charge in [0.05, 0.1) is 12.6 Å². The van der Waals surface area contributed by atoms with Crippen LogP contribution < -0.4 is 5.32 Å². The smallest absolute Gasteiger partial charge is 0.411 e. The normalized spacial score (nSPS) is 15.3. The van der Waals surface area contributed by atoms with Crippen LogP contribution in [0, 0.1) is 0 Å². The lowest BCUT2D eigenvalue weighted by Gasteiger charge is -2.40. The predicted octanol–water partition coefficient (Wildman–Crippen LogP) is 5.24. The molecule has 7 heteroatoms. The van der Waals surface area contributed by atoms with Crippen molar-refractivity contribution in [2.45, 2.75) is 46.6 Å². The van der Waals surface area contributed by atoms with Crippen molar-refractivity contribution >= 4 is 17.7 Å². The van der Waals surface area contributed by atoms with Gasteiger partial charge in [0.25, 0.3) is 5.91 Å². The zero-order valence-corrected chi connectivity index (χ0v) is 22.3. The standard InChI is InChI=1S/C29H42N4O3/c1-5-9-17-31-18-20-33(21-19-31)27(25-11-10-12-26(22-25)30-29(35)36-8-4)23-13-15-24(16-14-23)28(34)32(6-2)7-3/h10-16,22,27H,5-9,17-21H2,1-4H3,(H,30,35). The van der Waals surface area contributed by atoms with Crippen LogP contribution in [-0.4, -0.2) is 79.1 Å². The van der Waals surface area contributed by atoms with E-state index in [2.05, 4.69) is 40.2 Å². The summed E-state index contributed by atoms with van der Waals surface area (Å²) in [5, 5.41) is 2.83. The summed E-state index contributed by atoms with van der Waals surface area (Å²) >= 11 is 0. The Balaban J connectivity index is 1.88. The highest BCUT2D eigenvalue weighted by atomic mass is 16.5. The molecular weight excluding hydrogens is 452 g/mol. The molecule has 1 heterocycles. The lowest BCUT2D eigenvalue weighted by atomic mass is 9.95. The topological polar surface area (TPSA) is 65.1 Å². The van der Waals surface area contributed by atoms with Crippen LogP contribution >= 0.6 is 0 Å². The lowest BCUT2D eigenvalue weighted by molar-refractivity contribution is 0.0772. The predicted molar refractivity (Wildman–Crippen MR) is 146 cm³/mol. The molecule has 1 aliphatic heterocycles. The fraction of sp³-hybridized carbons (Fsp3) is 0.517. The SMILES string of the molecule is CCCCN1CCN(C(c2ccc(C(=O)N(CC)CC)cc2)c2cccc(NC(=O)OCC)c2)CC1. The molecule has 7 nitrogen and oxygen atoms in total. The van der Waals surface area contributed by atoms with E-state index in [9.17, 15) is 9.59 Å². The third-order valence-electron chi connectivity index (χ3n) is 6.85. The average Bonchev–Trinajstić information content (AvgIpc) is 2.90. The van der Waals surface area contributed by atoms with Crippen LogP contribution in [0.25, 0.3) is 0 Å². The Morgan fingerprint density at radius 1 is 0.944 bits per heavy atom. The maximum atomic E-state index is 12.8. The van der Waals surface area contributed by atoms with E-state index in [0.29, 0.717) is 30.9 Å². The van der Waals surface area contributed by atoms with Crippen LogP contribution in [0.1, 0.15) is 68.1 Å². The molecule has 1 fully saturated rings. The summed E-state index contributed by atoms with van der Waals surface area (Å²) in [4.78, 5) is 31.7. The molecule has 0 aromatic heterocycles. The van der Waals surface area contributed by atoms with E-state index in [-0.39, 0.29) is 11.9 Å². The van der Waals surface area contributed by atoms with Crippen molar-refractivity contribution in [3.63, 3.8) is 0 Å². The molecule has 36 heavy (non-hydrogen) atoms. The summed E-state index contributed by atoms with van der Waals surface area (Å²) in [6.07, 6.45) is 1.99. The van der Waals surface area contributed by atoms with Gasteiger partial charge in [-0.25, -0.2) is 4.79 Å². The third kappa shape index (κ3) is 7.31. The van der Waals surface area contributed by atoms with Gasteiger partial charge in [0.15, 0.2) is 0 Å². The first-order valence-electron chi connectivity index (χ1n) is 13.4. The van der Waals surface area contributed by atoms with Gasteiger partial charge < -0.3 is 14.5 Å². The van der Waals surface area contributed by atoms with Gasteiger partial charge >= 0.3 is 6.09 Å². The molecule has 1 unspecified atom stereocenters. The fourth-order valence-corrected chi connectivity index (χ4v) is 4.81. The highest BCUT2D eigenvalue weighted by molar-refractivity contribution is 5.94. The number of hydrogen-bond acceptors (Lipinski definition) is 5. The summed E-state index contributed by atoms with van der Waals surface area (Å²) in [7, 11) is 0. The Kier molecular flexibility index (Phi) is 10.8. The van der Waals surface area contributed by atoms with Crippen molar-refractivity contribution in [3.8, 4) is 0 Å². The average molecular weight is 495 g/mol. The van der Waals surface area contributed by atoms with Crippen molar-refractivity contribution in [3.05, 3.63) is 65.2 Å². The molecule has 196 valence electrons. The highest BCUT2D eigenvalue weighted by Crippen LogP contribution is 2.31. The number of carbonyl (C=O) groups excluding carboxylic acids is 2. The van der Waals surface area contributed by atoms with Gasteiger partial charge in [-0.05, 0) is 69.1 Å². The molecule has 0 radical (unpaired) electrons. The van der Waals surface area contributed by atoms with Crippen molar-refractivity contribution in [2.75, 3.05) is 57.7 Å². The fourth-order valence-electron chi connectivity index (χ4n) is 4.81. The zero-order valence-electron chi connectivity index (χ0n) is 22.3. The molecule has 1 saturated heterocycles. The minimum absolute atomic E-state index is 0.0277. The first kappa shape index (κ1) is 27.7. The quantitative estimate of drug-likeness (QED) is 0.463. The van der Waals surface area contributed by atoms with Gasteiger partial charge in [-0.3, -0.25) is 15.0 Å². The van der Waals surface area contributed by atoms with Crippen LogP contribution in [0.3, 0.4) is 0 Å². The number of piperazine rings is 1. The third-order valence-corrected chi connectivity index (χ3v) is 6.85. The molecule has 0 bridgehead atoms. The summed E-state index contributed by atoms with van der Waals surface area (Å²) in [6, 6.07) is 16.1. The molecule has 0 aliphatic carbocycles. The number of hydrogen-bond donors (Lipinski definition) is 1. The zero-order chi connectivity index (χ0) is 25.9. The molecule has 0 saturated carbocycles. The molecule has 2 aromatic rings. The van der Waals surface area contributed by atoms with Crippen LogP contribution in [0.5, 0.6) is 0 Å². The van der Waals surface area contributed by atoms with E-state index in [1.54, 1.807) is 6.92 Å². The van der Waals surface area contributed by atoms with E-state index in [0.717, 1.165) is 43.9 Å². The number of rotatable bonds is 11. The van der Waals surface area contributed by atoms with Crippen LogP contribution in [-0.2, 0) is 4.74 Å². The van der Waals surface area contributed by atoms with E-state index in [1.165, 1.54) is 12.8 Å². The Morgan fingerprint density at radius 3 is 2.25 bits per heavy atom. The van der Waals surface area contributed by atoms with Gasteiger partial charge in [-0.15, -0.1) is 0 Å². The van der Waals surface area contributed by atoms with Crippen molar-refractivity contribution in [1.29, 1.82) is 0 Å². The summed E-state index contributed by atoms with van der Waals surface area (Å²) in [5.41, 5.74) is 3.67. The van der Waals surface area contributed by atoms with E-state index in [1.807, 2.05) is 49.1 Å². The van der Waals surface area contributed by atoms with E-state index in [4.69, 9.17) is 4.74 Å². The maximum absolute atomic E-state index is 12.8. The van der Waals surface area contributed by atoms with Crippen molar-refractivity contribution in [1.82, 2.24) is 14.7 Å².